The van der Waals surface area contributed by atoms with E-state index in [1.807, 2.05) is 35.7 Å². The van der Waals surface area contributed by atoms with E-state index >= 15 is 4.39 Å². The number of rotatable bonds is 1. The molecule has 7 nitrogen and oxygen atoms in total. The highest BCUT2D eigenvalue weighted by molar-refractivity contribution is 7.12. The summed E-state index contributed by atoms with van der Waals surface area (Å²) in [5.74, 6) is -2.55. The van der Waals surface area contributed by atoms with Gasteiger partial charge in [0.15, 0.2) is 11.8 Å². The lowest BCUT2D eigenvalue weighted by Crippen LogP contribution is -2.59. The molecule has 0 saturated carbocycles. The van der Waals surface area contributed by atoms with Crippen molar-refractivity contribution in [3.8, 4) is 0 Å². The number of alkyl halides is 4. The van der Waals surface area contributed by atoms with E-state index in [-0.39, 0.29) is 12.5 Å². The van der Waals surface area contributed by atoms with Crippen molar-refractivity contribution in [2.45, 2.75) is 24.4 Å². The Kier molecular flexibility index (Phi) is 6.20. The summed E-state index contributed by atoms with van der Waals surface area (Å²) in [4.78, 5) is 27.9. The number of carbonyl (C=O) groups excluding carboxylic acids is 1. The van der Waals surface area contributed by atoms with Gasteiger partial charge < -0.3 is 21.1 Å². The third-order valence-electron chi connectivity index (χ3n) is 4.80. The predicted octanol–water partition coefficient (Wildman–Crippen LogP) is 3.09. The lowest BCUT2D eigenvalue weighted by molar-refractivity contribution is -0.192. The molecule has 2 aromatic rings. The number of carboxylic acids is 1. The van der Waals surface area contributed by atoms with Gasteiger partial charge in [-0.15, -0.1) is 11.3 Å². The van der Waals surface area contributed by atoms with Crippen LogP contribution in [0.4, 0.5) is 23.2 Å². The van der Waals surface area contributed by atoms with Gasteiger partial charge in [-0.1, -0.05) is 18.2 Å². The van der Waals surface area contributed by atoms with Crippen LogP contribution in [0.5, 0.6) is 0 Å². The van der Waals surface area contributed by atoms with Gasteiger partial charge in [-0.2, -0.15) is 13.2 Å². The number of hydrogen-bond donors (Lipinski definition) is 3. The van der Waals surface area contributed by atoms with Crippen molar-refractivity contribution in [1.29, 1.82) is 0 Å². The van der Waals surface area contributed by atoms with Crippen molar-refractivity contribution < 1.29 is 32.3 Å². The number of nitrogens with one attached hydrogen (secondary N) is 1. The van der Waals surface area contributed by atoms with Crippen molar-refractivity contribution >= 4 is 34.7 Å². The third kappa shape index (κ3) is 4.79. The maximum absolute atomic E-state index is 15.0. The van der Waals surface area contributed by atoms with Crippen molar-refractivity contribution in [3.05, 3.63) is 52.2 Å². The average molecular weight is 458 g/mol. The summed E-state index contributed by atoms with van der Waals surface area (Å²) in [7, 11) is 0. The molecule has 2 atom stereocenters. The van der Waals surface area contributed by atoms with E-state index in [0.717, 1.165) is 11.3 Å². The molecule has 1 spiro atoms. The molecule has 166 valence electrons. The summed E-state index contributed by atoms with van der Waals surface area (Å²) in [5, 5.41) is 12.2. The normalized spacial score (nSPS) is 22.5. The fourth-order valence-corrected chi connectivity index (χ4v) is 3.95. The minimum Gasteiger partial charge on any atom is -0.475 e. The van der Waals surface area contributed by atoms with E-state index in [0.29, 0.717) is 23.7 Å². The van der Waals surface area contributed by atoms with E-state index in [9.17, 15) is 18.0 Å². The van der Waals surface area contributed by atoms with Crippen molar-refractivity contribution in [2.24, 2.45) is 10.7 Å². The number of likely N-dealkylation sites (tertiary alicyclic amines) is 1. The molecule has 4 rings (SSSR count). The Bertz CT molecular complexity index is 996. The number of nitrogens with two attached hydrogens (primary N) is 1. The van der Waals surface area contributed by atoms with Gasteiger partial charge in [-0.25, -0.2) is 14.2 Å². The SMILES string of the molecule is NC1=NC2(CCN(C(=O)c3cccs3)CC2F)Nc2ccccc21.O=C(O)C(F)(F)F. The fourth-order valence-electron chi connectivity index (χ4n) is 3.26. The number of amides is 1. The maximum Gasteiger partial charge on any atom is 0.490 e. The smallest absolute Gasteiger partial charge is 0.475 e. The molecule has 0 bridgehead atoms. The van der Waals surface area contributed by atoms with E-state index in [2.05, 4.69) is 10.3 Å². The minimum absolute atomic E-state index is 0.00266. The fraction of sp³-hybridized carbons (Fsp3) is 0.316. The molecule has 1 aromatic carbocycles. The molecule has 12 heteroatoms. The van der Waals surface area contributed by atoms with Gasteiger partial charge >= 0.3 is 12.1 Å². The predicted molar refractivity (Wildman–Crippen MR) is 107 cm³/mol. The van der Waals surface area contributed by atoms with Gasteiger partial charge in [0.25, 0.3) is 5.91 Å². The Morgan fingerprint density at radius 2 is 1.94 bits per heavy atom. The van der Waals surface area contributed by atoms with Crippen LogP contribution in [0.2, 0.25) is 0 Å². The van der Waals surface area contributed by atoms with Crippen LogP contribution in [0.1, 0.15) is 21.7 Å². The first-order chi connectivity index (χ1) is 14.5. The molecule has 2 aliphatic rings. The molecular formula is C19H18F4N4O3S. The Morgan fingerprint density at radius 1 is 1.26 bits per heavy atom. The molecule has 1 amide bonds. The Morgan fingerprint density at radius 3 is 2.52 bits per heavy atom. The van der Waals surface area contributed by atoms with E-state index < -0.39 is 24.0 Å². The average Bonchev–Trinajstić information content (AvgIpc) is 3.24. The van der Waals surface area contributed by atoms with Crippen LogP contribution >= 0.6 is 11.3 Å². The quantitative estimate of drug-likeness (QED) is 0.570. The number of para-hydroxylation sites is 1. The maximum atomic E-state index is 15.0. The highest BCUT2D eigenvalue weighted by Crippen LogP contribution is 2.36. The number of aliphatic imine (C=N–C) groups is 1. The van der Waals surface area contributed by atoms with Crippen molar-refractivity contribution in [3.63, 3.8) is 0 Å². The van der Waals surface area contributed by atoms with Gasteiger partial charge in [-0.3, -0.25) is 4.79 Å². The van der Waals surface area contributed by atoms with Crippen LogP contribution < -0.4 is 11.1 Å². The largest absolute Gasteiger partial charge is 0.490 e. The molecule has 1 fully saturated rings. The number of anilines is 1. The highest BCUT2D eigenvalue weighted by atomic mass is 32.1. The molecule has 31 heavy (non-hydrogen) atoms. The van der Waals surface area contributed by atoms with Crippen LogP contribution in [-0.4, -0.2) is 58.8 Å². The van der Waals surface area contributed by atoms with Crippen LogP contribution in [0, 0.1) is 0 Å². The summed E-state index contributed by atoms with van der Waals surface area (Å²) in [5.41, 5.74) is 6.53. The number of benzene rings is 1. The van der Waals surface area contributed by atoms with Crippen molar-refractivity contribution in [1.82, 2.24) is 4.90 Å². The molecule has 1 saturated heterocycles. The number of carboxylic acid groups (broad SMARTS) is 1. The lowest BCUT2D eigenvalue weighted by atomic mass is 9.92. The number of hydrogen-bond acceptors (Lipinski definition) is 6. The Hall–Kier alpha value is -3.15. The second kappa shape index (κ2) is 8.53. The lowest BCUT2D eigenvalue weighted by Gasteiger charge is -2.44. The van der Waals surface area contributed by atoms with E-state index in [4.69, 9.17) is 15.6 Å². The third-order valence-corrected chi connectivity index (χ3v) is 5.66. The van der Waals surface area contributed by atoms with Crippen molar-refractivity contribution in [2.75, 3.05) is 18.4 Å². The van der Waals surface area contributed by atoms with Gasteiger partial charge in [0.05, 0.1) is 11.4 Å². The Labute approximate surface area is 178 Å². The number of nitrogens with zero attached hydrogens (tertiary/aromatic N) is 2. The van der Waals surface area contributed by atoms with E-state index in [1.54, 1.807) is 11.0 Å². The van der Waals surface area contributed by atoms with Crippen LogP contribution in [0.15, 0.2) is 46.8 Å². The molecular weight excluding hydrogens is 440 g/mol. The van der Waals surface area contributed by atoms with E-state index in [1.165, 1.54) is 11.3 Å². The summed E-state index contributed by atoms with van der Waals surface area (Å²) in [6.07, 6.45) is -6.04. The number of carbonyl (C=O) groups is 2. The summed E-state index contributed by atoms with van der Waals surface area (Å²) >= 11 is 1.37. The molecule has 1 aromatic heterocycles. The zero-order valence-corrected chi connectivity index (χ0v) is 16.7. The standard InChI is InChI=1S/C17H17FN4OS.C2HF3O2/c18-14-10-22(16(23)13-6-3-9-24-13)8-7-17(14)20-12-5-2-1-4-11(12)15(19)21-17;3-2(4,5)1(6)7/h1-6,9,14,20H,7-8,10H2,(H2,19,21);(H,6,7). The van der Waals surface area contributed by atoms with Gasteiger partial charge in [0, 0.05) is 24.2 Å². The Balaban J connectivity index is 0.000000339. The summed E-state index contributed by atoms with van der Waals surface area (Å²) < 4.78 is 46.8. The van der Waals surface area contributed by atoms with Gasteiger partial charge in [0.1, 0.15) is 5.84 Å². The highest BCUT2D eigenvalue weighted by Gasteiger charge is 2.47. The second-order valence-corrected chi connectivity index (χ2v) is 7.79. The number of thiophene rings is 1. The molecule has 4 N–H and O–H groups in total. The second-order valence-electron chi connectivity index (χ2n) is 6.84. The zero-order valence-electron chi connectivity index (χ0n) is 15.9. The van der Waals surface area contributed by atoms with Crippen LogP contribution in [-0.2, 0) is 4.79 Å². The number of fused-ring (bicyclic) bond motifs is 1. The van der Waals surface area contributed by atoms with Crippen LogP contribution in [0.3, 0.4) is 0 Å². The molecule has 0 radical (unpaired) electrons. The first kappa shape index (κ1) is 22.5. The molecule has 3 heterocycles. The summed E-state index contributed by atoms with van der Waals surface area (Å²) in [6.45, 7) is 0.436. The molecule has 2 aliphatic heterocycles. The topological polar surface area (TPSA) is 108 Å². The molecule has 0 aliphatic carbocycles. The van der Waals surface area contributed by atoms with Gasteiger partial charge in [-0.05, 0) is 23.6 Å². The first-order valence-corrected chi connectivity index (χ1v) is 9.91. The number of halogens is 4. The zero-order chi connectivity index (χ0) is 22.8. The monoisotopic (exact) mass is 458 g/mol. The number of piperidine rings is 1. The van der Waals surface area contributed by atoms with Crippen LogP contribution in [0.25, 0.3) is 0 Å². The summed E-state index contributed by atoms with van der Waals surface area (Å²) in [6, 6.07) is 11.1. The minimum atomic E-state index is -5.08. The number of aliphatic carboxylic acids is 1. The molecule has 2 unspecified atom stereocenters. The first-order valence-electron chi connectivity index (χ1n) is 9.03. The van der Waals surface area contributed by atoms with Gasteiger partial charge in [0.2, 0.25) is 0 Å². The number of amidine groups is 1.